The Bertz CT molecular complexity index is 763. The fourth-order valence-electron chi connectivity index (χ4n) is 2.66. The maximum atomic E-state index is 11.9. The van der Waals surface area contributed by atoms with E-state index < -0.39 is 9.05 Å². The van der Waals surface area contributed by atoms with E-state index in [0.717, 1.165) is 24.4 Å². The number of aromatic nitrogens is 1. The fraction of sp³-hybridized carbons (Fsp3) is 0.467. The van der Waals surface area contributed by atoms with Crippen LogP contribution in [0.3, 0.4) is 0 Å². The van der Waals surface area contributed by atoms with Gasteiger partial charge in [-0.3, -0.25) is 0 Å². The summed E-state index contributed by atoms with van der Waals surface area (Å²) < 4.78 is 31.3. The van der Waals surface area contributed by atoms with Crippen LogP contribution in [0.15, 0.2) is 29.3 Å². The number of hydrogen-bond donors (Lipinski definition) is 0. The van der Waals surface area contributed by atoms with Crippen molar-refractivity contribution in [3.05, 3.63) is 24.4 Å². The summed E-state index contributed by atoms with van der Waals surface area (Å²) in [5, 5.41) is 0.588. The van der Waals surface area contributed by atoms with Gasteiger partial charge in [0.05, 0.1) is 17.5 Å². The molecule has 1 aliphatic carbocycles. The van der Waals surface area contributed by atoms with Gasteiger partial charge in [-0.1, -0.05) is 18.9 Å². The minimum Gasteiger partial charge on any atom is -0.493 e. The number of hydrogen-bond acceptors (Lipinski definition) is 3. The van der Waals surface area contributed by atoms with E-state index >= 15 is 0 Å². The lowest BCUT2D eigenvalue weighted by atomic mass is 10.2. The van der Waals surface area contributed by atoms with Gasteiger partial charge in [-0.25, -0.2) is 8.42 Å². The molecule has 0 aliphatic heterocycles. The van der Waals surface area contributed by atoms with E-state index in [1.807, 2.05) is 23.6 Å². The van der Waals surface area contributed by atoms with Crippen molar-refractivity contribution in [1.82, 2.24) is 4.57 Å². The van der Waals surface area contributed by atoms with Gasteiger partial charge in [-0.05, 0) is 31.4 Å². The molecular weight excluding hydrogens is 310 g/mol. The number of fused-ring (bicyclic) bond motifs is 1. The quantitative estimate of drug-likeness (QED) is 0.759. The maximum Gasteiger partial charge on any atom is 0.263 e. The third-order valence-corrected chi connectivity index (χ3v) is 5.20. The number of benzene rings is 1. The Morgan fingerprint density at radius 1 is 1.38 bits per heavy atom. The molecule has 1 aliphatic rings. The molecule has 0 radical (unpaired) electrons. The molecule has 0 spiro atoms. The molecule has 4 nitrogen and oxygen atoms in total. The minimum atomic E-state index is -3.80. The van der Waals surface area contributed by atoms with Crippen LogP contribution in [0.25, 0.3) is 10.9 Å². The topological polar surface area (TPSA) is 48.3 Å². The molecule has 0 saturated heterocycles. The molecule has 0 bridgehead atoms. The first-order valence-corrected chi connectivity index (χ1v) is 9.51. The summed E-state index contributed by atoms with van der Waals surface area (Å²) in [6.45, 7) is 3.16. The highest BCUT2D eigenvalue weighted by Gasteiger charge is 2.24. The summed E-state index contributed by atoms with van der Waals surface area (Å²) in [5.74, 6) is 1.35. The van der Waals surface area contributed by atoms with Crippen LogP contribution >= 0.6 is 10.7 Å². The second-order valence-corrected chi connectivity index (χ2v) is 7.97. The first-order valence-electron chi connectivity index (χ1n) is 7.20. The Labute approximate surface area is 129 Å². The monoisotopic (exact) mass is 327 g/mol. The predicted molar refractivity (Wildman–Crippen MR) is 83.5 cm³/mol. The van der Waals surface area contributed by atoms with Gasteiger partial charge in [0.2, 0.25) is 0 Å². The Morgan fingerprint density at radius 3 is 2.76 bits per heavy atom. The molecule has 6 heteroatoms. The molecule has 0 unspecified atom stereocenters. The SMILES string of the molecule is CCOc1cccc2c1c(S(=O)(=O)Cl)cn2CCC1CC1. The van der Waals surface area contributed by atoms with Crippen LogP contribution in [0.2, 0.25) is 0 Å². The Morgan fingerprint density at radius 2 is 2.14 bits per heavy atom. The van der Waals surface area contributed by atoms with Gasteiger partial charge < -0.3 is 9.30 Å². The molecule has 1 saturated carbocycles. The second-order valence-electron chi connectivity index (χ2n) is 5.44. The maximum absolute atomic E-state index is 11.9. The zero-order chi connectivity index (χ0) is 15.0. The molecule has 1 heterocycles. The molecule has 3 rings (SSSR count). The molecule has 2 aromatic rings. The molecule has 21 heavy (non-hydrogen) atoms. The van der Waals surface area contributed by atoms with Crippen LogP contribution < -0.4 is 4.74 Å². The largest absolute Gasteiger partial charge is 0.493 e. The Balaban J connectivity index is 2.13. The van der Waals surface area contributed by atoms with E-state index in [9.17, 15) is 8.42 Å². The van der Waals surface area contributed by atoms with Gasteiger partial charge in [0.15, 0.2) is 0 Å². The molecule has 1 aromatic heterocycles. The third-order valence-electron chi connectivity index (χ3n) is 3.87. The minimum absolute atomic E-state index is 0.138. The lowest BCUT2D eigenvalue weighted by Gasteiger charge is -2.07. The van der Waals surface area contributed by atoms with Crippen LogP contribution in [0.5, 0.6) is 5.75 Å². The summed E-state index contributed by atoms with van der Waals surface area (Å²) in [4.78, 5) is 0.138. The van der Waals surface area contributed by atoms with Crippen LogP contribution in [-0.2, 0) is 15.6 Å². The zero-order valence-corrected chi connectivity index (χ0v) is 13.5. The molecule has 0 atom stereocenters. The molecule has 0 amide bonds. The van der Waals surface area contributed by atoms with Crippen molar-refractivity contribution in [3.63, 3.8) is 0 Å². The highest BCUT2D eigenvalue weighted by molar-refractivity contribution is 8.14. The van der Waals surface area contributed by atoms with Gasteiger partial charge >= 0.3 is 0 Å². The number of aryl methyl sites for hydroxylation is 1. The first-order chi connectivity index (χ1) is 10.0. The first kappa shape index (κ1) is 14.7. The smallest absolute Gasteiger partial charge is 0.263 e. The van der Waals surface area contributed by atoms with Gasteiger partial charge in [0, 0.05) is 23.4 Å². The van der Waals surface area contributed by atoms with Gasteiger partial charge in [0.1, 0.15) is 10.6 Å². The van der Waals surface area contributed by atoms with Crippen molar-refractivity contribution in [1.29, 1.82) is 0 Å². The van der Waals surface area contributed by atoms with E-state index in [2.05, 4.69) is 0 Å². The zero-order valence-electron chi connectivity index (χ0n) is 11.9. The normalized spacial score (nSPS) is 15.5. The van der Waals surface area contributed by atoms with E-state index in [1.165, 1.54) is 12.8 Å². The van der Waals surface area contributed by atoms with Crippen molar-refractivity contribution >= 4 is 30.6 Å². The van der Waals surface area contributed by atoms with Crippen molar-refractivity contribution in [2.24, 2.45) is 5.92 Å². The van der Waals surface area contributed by atoms with Crippen LogP contribution in [0.4, 0.5) is 0 Å². The molecule has 0 N–H and O–H groups in total. The lowest BCUT2D eigenvalue weighted by molar-refractivity contribution is 0.344. The fourth-order valence-corrected chi connectivity index (χ4v) is 3.71. The van der Waals surface area contributed by atoms with Gasteiger partial charge in [0.25, 0.3) is 9.05 Å². The van der Waals surface area contributed by atoms with E-state index in [4.69, 9.17) is 15.4 Å². The molecule has 114 valence electrons. The molecule has 1 aromatic carbocycles. The second kappa shape index (κ2) is 5.54. The summed E-state index contributed by atoms with van der Waals surface area (Å²) in [6, 6.07) is 5.57. The van der Waals surface area contributed by atoms with Crippen molar-refractivity contribution in [2.75, 3.05) is 6.61 Å². The van der Waals surface area contributed by atoms with Crippen molar-refractivity contribution < 1.29 is 13.2 Å². The van der Waals surface area contributed by atoms with Crippen LogP contribution in [0, 0.1) is 5.92 Å². The third kappa shape index (κ3) is 3.04. The summed E-state index contributed by atoms with van der Waals surface area (Å²) in [6.07, 6.45) is 5.27. The summed E-state index contributed by atoms with van der Waals surface area (Å²) in [5.41, 5.74) is 0.862. The van der Waals surface area contributed by atoms with Crippen molar-refractivity contribution in [3.8, 4) is 5.75 Å². The lowest BCUT2D eigenvalue weighted by Crippen LogP contribution is -1.97. The number of halogens is 1. The van der Waals surface area contributed by atoms with E-state index in [0.29, 0.717) is 17.7 Å². The van der Waals surface area contributed by atoms with Crippen LogP contribution in [0.1, 0.15) is 26.2 Å². The summed E-state index contributed by atoms with van der Waals surface area (Å²) >= 11 is 0. The number of ether oxygens (including phenoxy) is 1. The molecular formula is C15H18ClNO3S. The molecule has 1 fully saturated rings. The standard InChI is InChI=1S/C15H18ClNO3S/c1-2-20-13-5-3-4-12-15(13)14(21(16,18)19)10-17(12)9-8-11-6-7-11/h3-5,10-11H,2,6-9H2,1H3. The van der Waals surface area contributed by atoms with Crippen molar-refractivity contribution in [2.45, 2.75) is 37.6 Å². The highest BCUT2D eigenvalue weighted by Crippen LogP contribution is 2.37. The van der Waals surface area contributed by atoms with Crippen LogP contribution in [-0.4, -0.2) is 19.6 Å². The number of nitrogens with zero attached hydrogens (tertiary/aromatic N) is 1. The van der Waals surface area contributed by atoms with Gasteiger partial charge in [-0.15, -0.1) is 0 Å². The average Bonchev–Trinajstić information content (AvgIpc) is 3.16. The van der Waals surface area contributed by atoms with Gasteiger partial charge in [-0.2, -0.15) is 0 Å². The van der Waals surface area contributed by atoms with E-state index in [1.54, 1.807) is 12.3 Å². The summed E-state index contributed by atoms with van der Waals surface area (Å²) in [7, 11) is 1.80. The Hall–Kier alpha value is -1.20. The Kier molecular flexibility index (Phi) is 3.88. The van der Waals surface area contributed by atoms with E-state index in [-0.39, 0.29) is 4.90 Å². The predicted octanol–water partition coefficient (Wildman–Crippen LogP) is 3.77. The number of rotatable bonds is 6. The highest BCUT2D eigenvalue weighted by atomic mass is 35.7. The average molecular weight is 328 g/mol.